The Bertz CT molecular complexity index is 678. The summed E-state index contributed by atoms with van der Waals surface area (Å²) in [6.45, 7) is 7.85. The maximum atomic E-state index is 12.7. The first-order valence-electron chi connectivity index (χ1n) is 7.72. The number of aromatic nitrogens is 2. The molecule has 0 aliphatic heterocycles. The molecule has 23 heavy (non-hydrogen) atoms. The van der Waals surface area contributed by atoms with Crippen molar-refractivity contribution in [3.63, 3.8) is 0 Å². The van der Waals surface area contributed by atoms with Gasteiger partial charge in [-0.25, -0.2) is 9.97 Å². The minimum absolute atomic E-state index is 0.160. The standard InChI is InChI=1S/C18H23N3O2/c1-5-21(12-18(3,4)23)17(22)15-11-19-16(20-13(15)2)14-9-7-6-8-10-14/h6-11,23H,5,12H2,1-4H3. The van der Waals surface area contributed by atoms with E-state index in [-0.39, 0.29) is 12.5 Å². The van der Waals surface area contributed by atoms with Crippen molar-refractivity contribution < 1.29 is 9.90 Å². The van der Waals surface area contributed by atoms with Gasteiger partial charge in [-0.05, 0) is 27.7 Å². The van der Waals surface area contributed by atoms with E-state index in [0.717, 1.165) is 5.56 Å². The number of hydrogen-bond acceptors (Lipinski definition) is 4. The highest BCUT2D eigenvalue weighted by Crippen LogP contribution is 2.17. The summed E-state index contributed by atoms with van der Waals surface area (Å²) >= 11 is 0. The molecular weight excluding hydrogens is 290 g/mol. The summed E-state index contributed by atoms with van der Waals surface area (Å²) in [5.41, 5.74) is 1.08. The van der Waals surface area contributed by atoms with Crippen LogP contribution in [0.25, 0.3) is 11.4 Å². The second kappa shape index (κ2) is 6.87. The maximum Gasteiger partial charge on any atom is 0.257 e. The number of amides is 1. The molecule has 0 aliphatic rings. The van der Waals surface area contributed by atoms with Crippen LogP contribution in [0.3, 0.4) is 0 Å². The Balaban J connectivity index is 2.28. The molecular formula is C18H23N3O2. The fourth-order valence-electron chi connectivity index (χ4n) is 2.37. The molecule has 0 spiro atoms. The van der Waals surface area contributed by atoms with Crippen molar-refractivity contribution >= 4 is 5.91 Å². The van der Waals surface area contributed by atoms with Gasteiger partial charge in [0.05, 0.1) is 16.9 Å². The molecule has 0 atom stereocenters. The van der Waals surface area contributed by atoms with Gasteiger partial charge < -0.3 is 10.0 Å². The van der Waals surface area contributed by atoms with Crippen molar-refractivity contribution in [1.82, 2.24) is 14.9 Å². The zero-order valence-electron chi connectivity index (χ0n) is 14.1. The molecule has 1 heterocycles. The topological polar surface area (TPSA) is 66.3 Å². The van der Waals surface area contributed by atoms with Crippen LogP contribution >= 0.6 is 0 Å². The normalized spacial score (nSPS) is 11.3. The lowest BCUT2D eigenvalue weighted by Gasteiger charge is -2.28. The first-order valence-corrected chi connectivity index (χ1v) is 7.72. The third kappa shape index (κ3) is 4.36. The van der Waals surface area contributed by atoms with E-state index in [4.69, 9.17) is 0 Å². The number of carbonyl (C=O) groups excluding carboxylic acids is 1. The van der Waals surface area contributed by atoms with Crippen LogP contribution in [0.5, 0.6) is 0 Å². The van der Waals surface area contributed by atoms with Crippen molar-refractivity contribution in [2.75, 3.05) is 13.1 Å². The van der Waals surface area contributed by atoms with Gasteiger partial charge in [-0.1, -0.05) is 30.3 Å². The highest BCUT2D eigenvalue weighted by molar-refractivity contribution is 5.95. The molecule has 1 N–H and O–H groups in total. The summed E-state index contributed by atoms with van der Waals surface area (Å²) in [5, 5.41) is 9.95. The van der Waals surface area contributed by atoms with E-state index < -0.39 is 5.60 Å². The summed E-state index contributed by atoms with van der Waals surface area (Å²) < 4.78 is 0. The molecule has 2 rings (SSSR count). The number of aliphatic hydroxyl groups is 1. The van der Waals surface area contributed by atoms with Gasteiger partial charge in [0.1, 0.15) is 0 Å². The third-order valence-electron chi connectivity index (χ3n) is 3.49. The molecule has 0 unspecified atom stereocenters. The molecule has 5 nitrogen and oxygen atoms in total. The number of benzene rings is 1. The van der Waals surface area contributed by atoms with E-state index in [0.29, 0.717) is 23.6 Å². The molecule has 1 amide bonds. The van der Waals surface area contributed by atoms with Gasteiger partial charge in [0.2, 0.25) is 0 Å². The molecule has 0 radical (unpaired) electrons. The van der Waals surface area contributed by atoms with Gasteiger partial charge in [0.25, 0.3) is 5.91 Å². The molecule has 122 valence electrons. The molecule has 0 saturated heterocycles. The fourth-order valence-corrected chi connectivity index (χ4v) is 2.37. The third-order valence-corrected chi connectivity index (χ3v) is 3.49. The van der Waals surface area contributed by atoms with Crippen LogP contribution in [0, 0.1) is 6.92 Å². The van der Waals surface area contributed by atoms with Crippen LogP contribution in [0.2, 0.25) is 0 Å². The molecule has 1 aromatic carbocycles. The average molecular weight is 313 g/mol. The maximum absolute atomic E-state index is 12.7. The molecule has 5 heteroatoms. The largest absolute Gasteiger partial charge is 0.389 e. The zero-order valence-corrected chi connectivity index (χ0v) is 14.1. The first-order chi connectivity index (χ1) is 10.8. The number of likely N-dealkylation sites (N-methyl/N-ethyl adjacent to an activating group) is 1. The van der Waals surface area contributed by atoms with Gasteiger partial charge in [0, 0.05) is 24.8 Å². The van der Waals surface area contributed by atoms with E-state index in [9.17, 15) is 9.90 Å². The average Bonchev–Trinajstić information content (AvgIpc) is 2.52. The molecule has 0 saturated carbocycles. The quantitative estimate of drug-likeness (QED) is 0.921. The van der Waals surface area contributed by atoms with E-state index in [1.165, 1.54) is 0 Å². The molecule has 1 aromatic heterocycles. The highest BCUT2D eigenvalue weighted by atomic mass is 16.3. The predicted molar refractivity (Wildman–Crippen MR) is 90.1 cm³/mol. The summed E-state index contributed by atoms with van der Waals surface area (Å²) in [6.07, 6.45) is 1.57. The Morgan fingerprint density at radius 3 is 2.43 bits per heavy atom. The van der Waals surface area contributed by atoms with Gasteiger partial charge >= 0.3 is 0 Å². The van der Waals surface area contributed by atoms with Crippen molar-refractivity contribution in [3.8, 4) is 11.4 Å². The molecule has 0 aliphatic carbocycles. The fraction of sp³-hybridized carbons (Fsp3) is 0.389. The van der Waals surface area contributed by atoms with Gasteiger partial charge in [-0.2, -0.15) is 0 Å². The predicted octanol–water partition coefficient (Wildman–Crippen LogP) is 2.69. The number of hydrogen-bond donors (Lipinski definition) is 1. The number of carbonyl (C=O) groups is 1. The van der Waals surface area contributed by atoms with Crippen LogP contribution in [-0.4, -0.2) is 44.6 Å². The summed E-state index contributed by atoms with van der Waals surface area (Å²) in [4.78, 5) is 23.0. The van der Waals surface area contributed by atoms with E-state index in [1.54, 1.807) is 31.9 Å². The highest BCUT2D eigenvalue weighted by Gasteiger charge is 2.24. The lowest BCUT2D eigenvalue weighted by molar-refractivity contribution is 0.0313. The van der Waals surface area contributed by atoms with Crippen molar-refractivity contribution in [1.29, 1.82) is 0 Å². The minimum Gasteiger partial charge on any atom is -0.389 e. The van der Waals surface area contributed by atoms with E-state index in [1.807, 2.05) is 37.3 Å². The van der Waals surface area contributed by atoms with Gasteiger partial charge in [-0.15, -0.1) is 0 Å². The van der Waals surface area contributed by atoms with Crippen molar-refractivity contribution in [2.45, 2.75) is 33.3 Å². The van der Waals surface area contributed by atoms with Crippen LogP contribution in [0.15, 0.2) is 36.5 Å². The second-order valence-electron chi connectivity index (χ2n) is 6.19. The van der Waals surface area contributed by atoms with Crippen molar-refractivity contribution in [2.24, 2.45) is 0 Å². The van der Waals surface area contributed by atoms with Crippen LogP contribution < -0.4 is 0 Å². The number of rotatable bonds is 5. The molecule has 2 aromatic rings. The van der Waals surface area contributed by atoms with Crippen LogP contribution in [0.4, 0.5) is 0 Å². The zero-order chi connectivity index (χ0) is 17.0. The van der Waals surface area contributed by atoms with Gasteiger partial charge in [-0.3, -0.25) is 4.79 Å². The minimum atomic E-state index is -0.940. The Morgan fingerprint density at radius 2 is 1.91 bits per heavy atom. The second-order valence-corrected chi connectivity index (χ2v) is 6.19. The van der Waals surface area contributed by atoms with E-state index in [2.05, 4.69) is 9.97 Å². The SMILES string of the molecule is CCN(CC(C)(C)O)C(=O)c1cnc(-c2ccccc2)nc1C. The lowest BCUT2D eigenvalue weighted by Crippen LogP contribution is -2.42. The van der Waals surface area contributed by atoms with Gasteiger partial charge in [0.15, 0.2) is 5.82 Å². The smallest absolute Gasteiger partial charge is 0.257 e. The summed E-state index contributed by atoms with van der Waals surface area (Å²) in [6, 6.07) is 9.65. The van der Waals surface area contributed by atoms with Crippen molar-refractivity contribution in [3.05, 3.63) is 47.8 Å². The molecule has 0 fully saturated rings. The number of nitrogens with zero attached hydrogens (tertiary/aromatic N) is 3. The lowest BCUT2D eigenvalue weighted by atomic mass is 10.1. The summed E-state index contributed by atoms with van der Waals surface area (Å²) in [7, 11) is 0. The number of aryl methyl sites for hydroxylation is 1. The Labute approximate surface area is 137 Å². The Hall–Kier alpha value is -2.27. The first kappa shape index (κ1) is 17.1. The Morgan fingerprint density at radius 1 is 1.26 bits per heavy atom. The monoisotopic (exact) mass is 313 g/mol. The summed E-state index contributed by atoms with van der Waals surface area (Å²) in [5.74, 6) is 0.442. The van der Waals surface area contributed by atoms with E-state index >= 15 is 0 Å². The van der Waals surface area contributed by atoms with Crippen LogP contribution in [-0.2, 0) is 0 Å². The Kier molecular flexibility index (Phi) is 5.11. The molecule has 0 bridgehead atoms. The van der Waals surface area contributed by atoms with Crippen LogP contribution in [0.1, 0.15) is 36.8 Å².